The van der Waals surface area contributed by atoms with Gasteiger partial charge >= 0.3 is 0 Å². The maximum absolute atomic E-state index is 13.3. The van der Waals surface area contributed by atoms with Gasteiger partial charge in [-0.05, 0) is 29.3 Å². The molecule has 1 N–H and O–H groups in total. The number of anilines is 1. The van der Waals surface area contributed by atoms with Crippen LogP contribution in [0.2, 0.25) is 0 Å². The number of fused-ring (bicyclic) bond motifs is 2. The van der Waals surface area contributed by atoms with Crippen molar-refractivity contribution in [2.45, 2.75) is 26.6 Å². The van der Waals surface area contributed by atoms with Gasteiger partial charge in [0.1, 0.15) is 0 Å². The van der Waals surface area contributed by atoms with Crippen molar-refractivity contribution in [2.75, 3.05) is 4.90 Å². The molecule has 0 aliphatic carbocycles. The van der Waals surface area contributed by atoms with Crippen molar-refractivity contribution in [1.82, 2.24) is 20.3 Å². The van der Waals surface area contributed by atoms with E-state index in [0.717, 1.165) is 22.5 Å². The van der Waals surface area contributed by atoms with Crippen LogP contribution in [0.1, 0.15) is 34.1 Å². The molecule has 0 saturated heterocycles. The molecular weight excluding hydrogens is 342 g/mol. The van der Waals surface area contributed by atoms with Gasteiger partial charge in [0.15, 0.2) is 0 Å². The molecule has 0 spiro atoms. The van der Waals surface area contributed by atoms with E-state index in [1.807, 2.05) is 47.1 Å². The molecule has 0 saturated carbocycles. The van der Waals surface area contributed by atoms with Gasteiger partial charge in [-0.2, -0.15) is 0 Å². The highest BCUT2D eigenvalue weighted by Gasteiger charge is 2.25. The number of benzene rings is 2. The number of nitrogens with zero attached hydrogens (tertiary/aromatic N) is 4. The van der Waals surface area contributed by atoms with Crippen molar-refractivity contribution in [3.05, 3.63) is 77.1 Å². The van der Waals surface area contributed by atoms with Gasteiger partial charge in [0.2, 0.25) is 5.91 Å². The van der Waals surface area contributed by atoms with Crippen LogP contribution in [0.25, 0.3) is 0 Å². The molecule has 7 nitrogen and oxygen atoms in total. The molecule has 0 bridgehead atoms. The number of rotatable bonds is 3. The Morgan fingerprint density at radius 2 is 1.96 bits per heavy atom. The van der Waals surface area contributed by atoms with Crippen molar-refractivity contribution in [1.29, 1.82) is 0 Å². The highest BCUT2D eigenvalue weighted by Crippen LogP contribution is 2.28. The van der Waals surface area contributed by atoms with Crippen molar-refractivity contribution in [2.24, 2.45) is 0 Å². The van der Waals surface area contributed by atoms with Gasteiger partial charge in [0.25, 0.3) is 5.91 Å². The molecule has 4 rings (SSSR count). The van der Waals surface area contributed by atoms with Crippen molar-refractivity contribution in [3.63, 3.8) is 0 Å². The van der Waals surface area contributed by atoms with E-state index in [-0.39, 0.29) is 11.8 Å². The molecule has 2 aromatic carbocycles. The van der Waals surface area contributed by atoms with Gasteiger partial charge in [0.05, 0.1) is 25.0 Å². The highest BCUT2D eigenvalue weighted by atomic mass is 16.2. The molecule has 136 valence electrons. The number of para-hydroxylation sites is 1. The van der Waals surface area contributed by atoms with Gasteiger partial charge in [-0.3, -0.25) is 9.59 Å². The fourth-order valence-electron chi connectivity index (χ4n) is 3.23. The summed E-state index contributed by atoms with van der Waals surface area (Å²) >= 11 is 0. The molecule has 2 heterocycles. The number of aromatic nitrogens is 3. The lowest BCUT2D eigenvalue weighted by atomic mass is 10.1. The second-order valence-corrected chi connectivity index (χ2v) is 6.51. The zero-order valence-corrected chi connectivity index (χ0v) is 14.9. The first kappa shape index (κ1) is 17.0. The first-order valence-electron chi connectivity index (χ1n) is 8.72. The summed E-state index contributed by atoms with van der Waals surface area (Å²) in [4.78, 5) is 26.2. The fourth-order valence-corrected chi connectivity index (χ4v) is 3.23. The van der Waals surface area contributed by atoms with E-state index in [1.165, 1.54) is 6.92 Å². The number of hydrogen-bond donors (Lipinski definition) is 1. The normalized spacial score (nSPS) is 12.7. The van der Waals surface area contributed by atoms with Crippen molar-refractivity contribution in [3.8, 4) is 0 Å². The van der Waals surface area contributed by atoms with Crippen LogP contribution in [0.3, 0.4) is 0 Å². The lowest BCUT2D eigenvalue weighted by Crippen LogP contribution is -2.30. The summed E-state index contributed by atoms with van der Waals surface area (Å²) in [5.74, 6) is -0.198. The fraction of sp³-hybridized carbons (Fsp3) is 0.200. The summed E-state index contributed by atoms with van der Waals surface area (Å²) in [6.07, 6.45) is 1.69. The SMILES string of the molecule is CC(=O)NCc1cccc(C(=O)N2Cc3cnnn3Cc3ccccc32)c1. The van der Waals surface area contributed by atoms with E-state index >= 15 is 0 Å². The highest BCUT2D eigenvalue weighted by molar-refractivity contribution is 6.06. The van der Waals surface area contributed by atoms with E-state index in [1.54, 1.807) is 17.2 Å². The van der Waals surface area contributed by atoms with Crippen LogP contribution in [0, 0.1) is 0 Å². The van der Waals surface area contributed by atoms with Crippen LogP contribution in [-0.2, 0) is 24.4 Å². The van der Waals surface area contributed by atoms with E-state index in [4.69, 9.17) is 0 Å². The maximum atomic E-state index is 13.3. The van der Waals surface area contributed by atoms with E-state index in [0.29, 0.717) is 25.2 Å². The quantitative estimate of drug-likeness (QED) is 0.775. The van der Waals surface area contributed by atoms with E-state index < -0.39 is 0 Å². The molecule has 1 aliphatic heterocycles. The third-order valence-corrected chi connectivity index (χ3v) is 4.58. The number of carbonyl (C=O) groups excluding carboxylic acids is 2. The average Bonchev–Trinajstić information content (AvgIpc) is 3.05. The third-order valence-electron chi connectivity index (χ3n) is 4.58. The monoisotopic (exact) mass is 361 g/mol. The van der Waals surface area contributed by atoms with Crippen LogP contribution >= 0.6 is 0 Å². The molecule has 3 aromatic rings. The molecule has 1 aliphatic rings. The second-order valence-electron chi connectivity index (χ2n) is 6.51. The molecule has 2 amide bonds. The zero-order valence-electron chi connectivity index (χ0n) is 14.9. The maximum Gasteiger partial charge on any atom is 0.258 e. The van der Waals surface area contributed by atoms with Crippen LogP contribution < -0.4 is 10.2 Å². The van der Waals surface area contributed by atoms with E-state index in [9.17, 15) is 9.59 Å². The molecule has 7 heteroatoms. The van der Waals surface area contributed by atoms with Gasteiger partial charge < -0.3 is 10.2 Å². The van der Waals surface area contributed by atoms with Gasteiger partial charge in [-0.25, -0.2) is 4.68 Å². The molecule has 0 fully saturated rings. The molecule has 0 radical (unpaired) electrons. The van der Waals surface area contributed by atoms with Crippen LogP contribution in [0.4, 0.5) is 5.69 Å². The third kappa shape index (κ3) is 3.44. The van der Waals surface area contributed by atoms with Crippen LogP contribution in [0.5, 0.6) is 0 Å². The molecule has 0 unspecified atom stereocenters. The minimum absolute atomic E-state index is 0.0956. The molecule has 27 heavy (non-hydrogen) atoms. The Labute approximate surface area is 156 Å². The zero-order chi connectivity index (χ0) is 18.8. The molecule has 0 atom stereocenters. The number of carbonyl (C=O) groups is 2. The summed E-state index contributed by atoms with van der Waals surface area (Å²) < 4.78 is 1.82. The second kappa shape index (κ2) is 7.03. The lowest BCUT2D eigenvalue weighted by Gasteiger charge is -2.22. The Balaban J connectivity index is 1.69. The smallest absolute Gasteiger partial charge is 0.258 e. The summed E-state index contributed by atoms with van der Waals surface area (Å²) in [6.45, 7) is 2.85. The summed E-state index contributed by atoms with van der Waals surface area (Å²) in [6, 6.07) is 15.2. The van der Waals surface area contributed by atoms with Crippen molar-refractivity contribution >= 4 is 17.5 Å². The first-order chi connectivity index (χ1) is 13.1. The van der Waals surface area contributed by atoms with E-state index in [2.05, 4.69) is 15.6 Å². The molecular formula is C20H19N5O2. The van der Waals surface area contributed by atoms with Crippen LogP contribution in [-0.4, -0.2) is 26.8 Å². The molecule has 1 aromatic heterocycles. The average molecular weight is 361 g/mol. The van der Waals surface area contributed by atoms with Gasteiger partial charge in [-0.1, -0.05) is 35.5 Å². The standard InChI is InChI=1S/C20H19N5O2/c1-14(26)21-10-15-5-4-7-16(9-15)20(27)24-13-18-11-22-23-25(18)12-17-6-2-3-8-19(17)24/h2-9,11H,10,12-13H2,1H3,(H,21,26). The Morgan fingerprint density at radius 1 is 1.11 bits per heavy atom. The lowest BCUT2D eigenvalue weighted by molar-refractivity contribution is -0.119. The Morgan fingerprint density at radius 3 is 2.81 bits per heavy atom. The van der Waals surface area contributed by atoms with Gasteiger partial charge in [-0.15, -0.1) is 5.10 Å². The first-order valence-corrected chi connectivity index (χ1v) is 8.72. The summed E-state index contributed by atoms with van der Waals surface area (Å²) in [5, 5.41) is 10.9. The largest absolute Gasteiger partial charge is 0.352 e. The topological polar surface area (TPSA) is 80.1 Å². The van der Waals surface area contributed by atoms with Crippen molar-refractivity contribution < 1.29 is 9.59 Å². The Kier molecular flexibility index (Phi) is 4.42. The number of nitrogens with one attached hydrogen (secondary N) is 1. The Hall–Kier alpha value is -3.48. The predicted octanol–water partition coefficient (Wildman–Crippen LogP) is 2.12. The predicted molar refractivity (Wildman–Crippen MR) is 100 cm³/mol. The Bertz CT molecular complexity index is 1010. The summed E-state index contributed by atoms with van der Waals surface area (Å²) in [5.41, 5.74) is 4.23. The minimum atomic E-state index is -0.103. The number of hydrogen-bond acceptors (Lipinski definition) is 4. The van der Waals surface area contributed by atoms with Gasteiger partial charge in [0, 0.05) is 24.7 Å². The van der Waals surface area contributed by atoms with Crippen LogP contribution in [0.15, 0.2) is 54.7 Å². The minimum Gasteiger partial charge on any atom is -0.352 e. The summed E-state index contributed by atoms with van der Waals surface area (Å²) in [7, 11) is 0. The number of amides is 2.